The molecule has 0 fully saturated rings. The van der Waals surface area contributed by atoms with Gasteiger partial charge in [0.15, 0.2) is 5.82 Å². The SMILES string of the molecule is O=C(Nc1cnccn1)c1cncc(Sc2ccccc2)n1. The summed E-state index contributed by atoms with van der Waals surface area (Å²) in [7, 11) is 0. The average molecular weight is 309 g/mol. The zero-order valence-electron chi connectivity index (χ0n) is 11.4. The first-order valence-corrected chi connectivity index (χ1v) is 7.25. The summed E-state index contributed by atoms with van der Waals surface area (Å²) >= 11 is 1.44. The molecule has 3 rings (SSSR count). The molecule has 0 unspecified atom stereocenters. The molecule has 6 nitrogen and oxygen atoms in total. The number of anilines is 1. The molecule has 1 aromatic carbocycles. The third-order valence-electron chi connectivity index (χ3n) is 2.62. The highest BCUT2D eigenvalue weighted by Crippen LogP contribution is 2.24. The maximum absolute atomic E-state index is 12.1. The highest BCUT2D eigenvalue weighted by molar-refractivity contribution is 7.99. The second-order valence-corrected chi connectivity index (χ2v) is 5.30. The van der Waals surface area contributed by atoms with Gasteiger partial charge in [-0.05, 0) is 12.1 Å². The van der Waals surface area contributed by atoms with Crippen molar-refractivity contribution in [2.45, 2.75) is 9.92 Å². The predicted molar refractivity (Wildman–Crippen MR) is 82.6 cm³/mol. The van der Waals surface area contributed by atoms with E-state index in [1.54, 1.807) is 6.20 Å². The Morgan fingerprint density at radius 3 is 2.64 bits per heavy atom. The molecule has 0 aliphatic rings. The minimum atomic E-state index is -0.372. The predicted octanol–water partition coefficient (Wildman–Crippen LogP) is 2.67. The molecule has 0 aliphatic heterocycles. The van der Waals surface area contributed by atoms with E-state index in [0.29, 0.717) is 10.8 Å². The number of carbonyl (C=O) groups is 1. The summed E-state index contributed by atoms with van der Waals surface area (Å²) < 4.78 is 0. The van der Waals surface area contributed by atoms with Gasteiger partial charge in [0.25, 0.3) is 5.91 Å². The highest BCUT2D eigenvalue weighted by atomic mass is 32.2. The van der Waals surface area contributed by atoms with Crippen LogP contribution in [0.2, 0.25) is 0 Å². The van der Waals surface area contributed by atoms with Crippen molar-refractivity contribution in [3.05, 3.63) is 67.0 Å². The molecule has 0 saturated heterocycles. The summed E-state index contributed by atoms with van der Waals surface area (Å²) in [5, 5.41) is 3.28. The van der Waals surface area contributed by atoms with Crippen molar-refractivity contribution >= 4 is 23.5 Å². The minimum absolute atomic E-state index is 0.228. The van der Waals surface area contributed by atoms with E-state index < -0.39 is 0 Å². The molecule has 0 aliphatic carbocycles. The van der Waals surface area contributed by atoms with Crippen LogP contribution in [0.3, 0.4) is 0 Å². The summed E-state index contributed by atoms with van der Waals surface area (Å²) in [4.78, 5) is 29.4. The fourth-order valence-electron chi connectivity index (χ4n) is 1.66. The van der Waals surface area contributed by atoms with Crippen LogP contribution in [0.5, 0.6) is 0 Å². The molecule has 3 aromatic rings. The Kier molecular flexibility index (Phi) is 4.35. The van der Waals surface area contributed by atoms with E-state index >= 15 is 0 Å². The third-order valence-corrected chi connectivity index (χ3v) is 3.53. The number of carbonyl (C=O) groups excluding carboxylic acids is 1. The van der Waals surface area contributed by atoms with Gasteiger partial charge in [0.1, 0.15) is 10.7 Å². The summed E-state index contributed by atoms with van der Waals surface area (Å²) in [5.41, 5.74) is 0.228. The van der Waals surface area contributed by atoms with Gasteiger partial charge in [0.05, 0.1) is 18.6 Å². The first-order valence-electron chi connectivity index (χ1n) is 6.43. The van der Waals surface area contributed by atoms with Gasteiger partial charge in [-0.15, -0.1) is 0 Å². The number of hydrogen-bond donors (Lipinski definition) is 1. The Morgan fingerprint density at radius 2 is 1.86 bits per heavy atom. The molecule has 0 saturated carbocycles. The number of nitrogens with one attached hydrogen (secondary N) is 1. The van der Waals surface area contributed by atoms with E-state index in [9.17, 15) is 4.79 Å². The smallest absolute Gasteiger partial charge is 0.277 e. The van der Waals surface area contributed by atoms with Crippen LogP contribution < -0.4 is 5.32 Å². The van der Waals surface area contributed by atoms with Crippen molar-refractivity contribution in [2.75, 3.05) is 5.32 Å². The van der Waals surface area contributed by atoms with E-state index in [0.717, 1.165) is 4.90 Å². The first kappa shape index (κ1) is 14.2. The van der Waals surface area contributed by atoms with Gasteiger partial charge in [-0.25, -0.2) is 9.97 Å². The largest absolute Gasteiger partial charge is 0.304 e. The van der Waals surface area contributed by atoms with Gasteiger partial charge in [0, 0.05) is 17.3 Å². The summed E-state index contributed by atoms with van der Waals surface area (Å²) in [6.45, 7) is 0. The normalized spacial score (nSPS) is 10.2. The molecule has 0 bridgehead atoms. The van der Waals surface area contributed by atoms with Crippen LogP contribution in [0.15, 0.2) is 71.2 Å². The number of aromatic nitrogens is 4. The van der Waals surface area contributed by atoms with E-state index in [2.05, 4.69) is 25.3 Å². The molecule has 0 atom stereocenters. The van der Waals surface area contributed by atoms with E-state index in [1.165, 1.54) is 36.5 Å². The Labute approximate surface area is 131 Å². The lowest BCUT2D eigenvalue weighted by Crippen LogP contribution is -2.15. The zero-order chi connectivity index (χ0) is 15.2. The molecule has 1 N–H and O–H groups in total. The Morgan fingerprint density at radius 1 is 1.00 bits per heavy atom. The summed E-state index contributed by atoms with van der Waals surface area (Å²) in [6, 6.07) is 9.78. The van der Waals surface area contributed by atoms with Crippen molar-refractivity contribution < 1.29 is 4.79 Å². The standard InChI is InChI=1S/C15H11N5OS/c21-15(20-13-9-16-6-7-18-13)12-8-17-10-14(19-12)22-11-4-2-1-3-5-11/h1-10H,(H,18,20,21). The van der Waals surface area contributed by atoms with E-state index in [1.807, 2.05) is 30.3 Å². The van der Waals surface area contributed by atoms with Crippen LogP contribution in [0.25, 0.3) is 0 Å². The Hall–Kier alpha value is -2.80. The van der Waals surface area contributed by atoms with Crippen LogP contribution in [0, 0.1) is 0 Å². The van der Waals surface area contributed by atoms with Crippen LogP contribution in [0.1, 0.15) is 10.5 Å². The molecular weight excluding hydrogens is 298 g/mol. The molecule has 7 heteroatoms. The average Bonchev–Trinajstić information content (AvgIpc) is 2.57. The van der Waals surface area contributed by atoms with E-state index in [-0.39, 0.29) is 11.6 Å². The second kappa shape index (κ2) is 6.77. The topological polar surface area (TPSA) is 80.7 Å². The molecule has 108 valence electrons. The van der Waals surface area contributed by atoms with E-state index in [4.69, 9.17) is 0 Å². The lowest BCUT2D eigenvalue weighted by Gasteiger charge is -2.04. The number of hydrogen-bond acceptors (Lipinski definition) is 6. The van der Waals surface area contributed by atoms with Gasteiger partial charge in [-0.2, -0.15) is 0 Å². The molecule has 1 amide bonds. The fourth-order valence-corrected chi connectivity index (χ4v) is 2.45. The zero-order valence-corrected chi connectivity index (χ0v) is 12.2. The Balaban J connectivity index is 1.75. The molecule has 0 spiro atoms. The minimum Gasteiger partial charge on any atom is -0.304 e. The number of benzene rings is 1. The van der Waals surface area contributed by atoms with Crippen molar-refractivity contribution in [1.82, 2.24) is 19.9 Å². The lowest BCUT2D eigenvalue weighted by atomic mass is 10.4. The quantitative estimate of drug-likeness (QED) is 0.798. The molecule has 22 heavy (non-hydrogen) atoms. The van der Waals surface area contributed by atoms with Crippen LogP contribution in [-0.2, 0) is 0 Å². The van der Waals surface area contributed by atoms with Crippen LogP contribution >= 0.6 is 11.8 Å². The summed E-state index contributed by atoms with van der Waals surface area (Å²) in [6.07, 6.45) is 7.54. The molecule has 2 heterocycles. The summed E-state index contributed by atoms with van der Waals surface area (Å²) in [5.74, 6) is -0.000993. The maximum Gasteiger partial charge on any atom is 0.277 e. The van der Waals surface area contributed by atoms with Crippen molar-refractivity contribution in [2.24, 2.45) is 0 Å². The van der Waals surface area contributed by atoms with Crippen molar-refractivity contribution in [3.8, 4) is 0 Å². The first-order chi connectivity index (χ1) is 10.8. The van der Waals surface area contributed by atoms with Crippen molar-refractivity contribution in [1.29, 1.82) is 0 Å². The van der Waals surface area contributed by atoms with Gasteiger partial charge in [-0.1, -0.05) is 30.0 Å². The highest BCUT2D eigenvalue weighted by Gasteiger charge is 2.10. The van der Waals surface area contributed by atoms with Gasteiger partial charge < -0.3 is 5.32 Å². The van der Waals surface area contributed by atoms with Gasteiger partial charge in [0.2, 0.25) is 0 Å². The number of rotatable bonds is 4. The third kappa shape index (κ3) is 3.64. The second-order valence-electron chi connectivity index (χ2n) is 4.20. The van der Waals surface area contributed by atoms with Crippen molar-refractivity contribution in [3.63, 3.8) is 0 Å². The molecular formula is C15H11N5OS. The van der Waals surface area contributed by atoms with Gasteiger partial charge in [-0.3, -0.25) is 14.8 Å². The monoisotopic (exact) mass is 309 g/mol. The number of nitrogens with zero attached hydrogens (tertiary/aromatic N) is 4. The molecule has 0 radical (unpaired) electrons. The fraction of sp³-hybridized carbons (Fsp3) is 0. The molecule has 2 aromatic heterocycles. The Bertz CT molecular complexity index is 767. The lowest BCUT2D eigenvalue weighted by molar-refractivity contribution is 0.102. The van der Waals surface area contributed by atoms with Gasteiger partial charge >= 0.3 is 0 Å². The van der Waals surface area contributed by atoms with Crippen LogP contribution in [-0.4, -0.2) is 25.8 Å². The van der Waals surface area contributed by atoms with Crippen LogP contribution in [0.4, 0.5) is 5.82 Å². The maximum atomic E-state index is 12.1. The number of amides is 1.